The summed E-state index contributed by atoms with van der Waals surface area (Å²) in [4.78, 5) is 1.22. The molecule has 16 heavy (non-hydrogen) atoms. The van der Waals surface area contributed by atoms with E-state index >= 15 is 0 Å². The summed E-state index contributed by atoms with van der Waals surface area (Å²) >= 11 is 1.86. The number of anilines is 1. The number of hydrogen-bond acceptors (Lipinski definition) is 2. The van der Waals surface area contributed by atoms with Gasteiger partial charge in [-0.15, -0.1) is 18.3 Å². The normalized spacial score (nSPS) is 10.3. The minimum Gasteiger partial charge on any atom is -0.398 e. The molecular formula is C14H21NS. The Hall–Kier alpha value is -0.890. The van der Waals surface area contributed by atoms with Gasteiger partial charge in [0.2, 0.25) is 0 Å². The van der Waals surface area contributed by atoms with Gasteiger partial charge in [-0.3, -0.25) is 0 Å². The first kappa shape index (κ1) is 13.2. The highest BCUT2D eigenvalue weighted by Gasteiger charge is 1.99. The van der Waals surface area contributed by atoms with E-state index in [2.05, 4.69) is 25.6 Å². The summed E-state index contributed by atoms with van der Waals surface area (Å²) in [5.41, 5.74) is 8.09. The molecule has 0 radical (unpaired) electrons. The quantitative estimate of drug-likeness (QED) is 0.328. The fourth-order valence-electron chi connectivity index (χ4n) is 1.55. The van der Waals surface area contributed by atoms with E-state index in [1.165, 1.54) is 29.7 Å². The maximum atomic E-state index is 5.95. The zero-order valence-corrected chi connectivity index (χ0v) is 10.9. The van der Waals surface area contributed by atoms with Crippen LogP contribution < -0.4 is 5.73 Å². The van der Waals surface area contributed by atoms with Gasteiger partial charge in [0.1, 0.15) is 0 Å². The van der Waals surface area contributed by atoms with Crippen molar-refractivity contribution in [2.24, 2.45) is 0 Å². The van der Waals surface area contributed by atoms with Crippen molar-refractivity contribution < 1.29 is 0 Å². The Morgan fingerprint density at radius 2 is 2.12 bits per heavy atom. The molecule has 2 N–H and O–H groups in total. The van der Waals surface area contributed by atoms with Crippen LogP contribution in [-0.2, 0) is 0 Å². The molecule has 0 unspecified atom stereocenters. The van der Waals surface area contributed by atoms with Crippen molar-refractivity contribution in [3.8, 4) is 0 Å². The third-order valence-corrected chi connectivity index (χ3v) is 3.65. The average Bonchev–Trinajstić information content (AvgIpc) is 2.26. The van der Waals surface area contributed by atoms with Gasteiger partial charge in [-0.25, -0.2) is 0 Å². The number of thioether (sulfide) groups is 1. The van der Waals surface area contributed by atoms with Gasteiger partial charge >= 0.3 is 0 Å². The van der Waals surface area contributed by atoms with Crippen LogP contribution in [0.4, 0.5) is 5.69 Å². The lowest BCUT2D eigenvalue weighted by atomic mass is 10.2. The van der Waals surface area contributed by atoms with E-state index < -0.39 is 0 Å². The molecule has 0 spiro atoms. The molecule has 1 aromatic carbocycles. The standard InChI is InChI=1S/C14H21NS/c1-3-4-5-6-7-10-16-14-9-8-12(2)11-13(14)15/h3,8-9,11H,1,4-7,10,15H2,2H3. The highest BCUT2D eigenvalue weighted by Crippen LogP contribution is 2.26. The van der Waals surface area contributed by atoms with Crippen LogP contribution in [0.15, 0.2) is 35.7 Å². The molecule has 0 amide bonds. The Bertz CT molecular complexity index is 334. The van der Waals surface area contributed by atoms with Gasteiger partial charge < -0.3 is 5.73 Å². The first-order valence-corrected chi connectivity index (χ1v) is 6.82. The van der Waals surface area contributed by atoms with Gasteiger partial charge in [-0.1, -0.05) is 18.6 Å². The van der Waals surface area contributed by atoms with E-state index in [1.54, 1.807) is 0 Å². The Balaban J connectivity index is 2.24. The molecule has 0 bridgehead atoms. The second kappa shape index (κ2) is 7.39. The van der Waals surface area contributed by atoms with E-state index in [0.29, 0.717) is 0 Å². The summed E-state index contributed by atoms with van der Waals surface area (Å²) < 4.78 is 0. The Kier molecular flexibility index (Phi) is 6.09. The van der Waals surface area contributed by atoms with Gasteiger partial charge in [-0.2, -0.15) is 0 Å². The first-order valence-electron chi connectivity index (χ1n) is 5.84. The predicted octanol–water partition coefficient (Wildman–Crippen LogP) is 4.42. The topological polar surface area (TPSA) is 26.0 Å². The van der Waals surface area contributed by atoms with Gasteiger partial charge in [-0.05, 0) is 49.6 Å². The molecule has 0 aromatic heterocycles. The summed E-state index contributed by atoms with van der Waals surface area (Å²) in [5, 5.41) is 0. The fraction of sp³-hybridized carbons (Fsp3) is 0.429. The molecule has 88 valence electrons. The molecule has 0 atom stereocenters. The van der Waals surface area contributed by atoms with Gasteiger partial charge in [0.25, 0.3) is 0 Å². The Morgan fingerprint density at radius 3 is 2.81 bits per heavy atom. The monoisotopic (exact) mass is 235 g/mol. The summed E-state index contributed by atoms with van der Waals surface area (Å²) in [5.74, 6) is 1.16. The van der Waals surface area contributed by atoms with Crippen LogP contribution in [-0.4, -0.2) is 5.75 Å². The van der Waals surface area contributed by atoms with Crippen LogP contribution in [0, 0.1) is 6.92 Å². The van der Waals surface area contributed by atoms with E-state index in [1.807, 2.05) is 23.9 Å². The molecule has 1 aromatic rings. The van der Waals surface area contributed by atoms with E-state index in [0.717, 1.165) is 17.9 Å². The third kappa shape index (κ3) is 4.75. The molecule has 0 fully saturated rings. The molecule has 0 aliphatic heterocycles. The molecule has 0 aliphatic rings. The van der Waals surface area contributed by atoms with Crippen molar-refractivity contribution in [1.29, 1.82) is 0 Å². The molecular weight excluding hydrogens is 214 g/mol. The lowest BCUT2D eigenvalue weighted by Gasteiger charge is -2.06. The smallest absolute Gasteiger partial charge is 0.0454 e. The van der Waals surface area contributed by atoms with Crippen LogP contribution >= 0.6 is 11.8 Å². The SMILES string of the molecule is C=CCCCCCSc1ccc(C)cc1N. The minimum atomic E-state index is 0.913. The van der Waals surface area contributed by atoms with Crippen LogP contribution in [0.1, 0.15) is 31.2 Å². The number of allylic oxidation sites excluding steroid dienone is 1. The van der Waals surface area contributed by atoms with Crippen LogP contribution in [0.3, 0.4) is 0 Å². The summed E-state index contributed by atoms with van der Waals surface area (Å²) in [6.07, 6.45) is 6.92. The number of nitrogens with two attached hydrogens (primary N) is 1. The number of hydrogen-bond donors (Lipinski definition) is 1. The Morgan fingerprint density at radius 1 is 1.31 bits per heavy atom. The van der Waals surface area contributed by atoms with E-state index in [-0.39, 0.29) is 0 Å². The minimum absolute atomic E-state index is 0.913. The average molecular weight is 235 g/mol. The second-order valence-electron chi connectivity index (χ2n) is 4.03. The number of unbranched alkanes of at least 4 members (excludes halogenated alkanes) is 3. The van der Waals surface area contributed by atoms with Gasteiger partial charge in [0.05, 0.1) is 0 Å². The van der Waals surface area contributed by atoms with Crippen LogP contribution in [0.25, 0.3) is 0 Å². The van der Waals surface area contributed by atoms with Crippen molar-refractivity contribution >= 4 is 17.4 Å². The van der Waals surface area contributed by atoms with Gasteiger partial charge in [0.15, 0.2) is 0 Å². The first-order chi connectivity index (χ1) is 7.74. The van der Waals surface area contributed by atoms with Crippen molar-refractivity contribution in [2.45, 2.75) is 37.5 Å². The highest BCUT2D eigenvalue weighted by atomic mass is 32.2. The van der Waals surface area contributed by atoms with E-state index in [4.69, 9.17) is 5.73 Å². The number of rotatable bonds is 7. The molecule has 1 rings (SSSR count). The second-order valence-corrected chi connectivity index (χ2v) is 5.16. The number of benzene rings is 1. The number of nitrogen functional groups attached to an aromatic ring is 1. The zero-order chi connectivity index (χ0) is 11.8. The van der Waals surface area contributed by atoms with E-state index in [9.17, 15) is 0 Å². The summed E-state index contributed by atoms with van der Waals surface area (Å²) in [7, 11) is 0. The molecule has 0 heterocycles. The predicted molar refractivity (Wildman–Crippen MR) is 75.0 cm³/mol. The maximum Gasteiger partial charge on any atom is 0.0454 e. The highest BCUT2D eigenvalue weighted by molar-refractivity contribution is 7.99. The summed E-state index contributed by atoms with van der Waals surface area (Å²) in [6, 6.07) is 6.29. The van der Waals surface area contributed by atoms with Crippen LogP contribution in [0.5, 0.6) is 0 Å². The molecule has 0 saturated carbocycles. The molecule has 0 aliphatic carbocycles. The third-order valence-electron chi connectivity index (χ3n) is 2.48. The fourth-order valence-corrected chi connectivity index (χ4v) is 2.51. The molecule has 0 saturated heterocycles. The van der Waals surface area contributed by atoms with Crippen molar-refractivity contribution in [1.82, 2.24) is 0 Å². The van der Waals surface area contributed by atoms with Crippen molar-refractivity contribution in [3.05, 3.63) is 36.4 Å². The molecule has 1 nitrogen and oxygen atoms in total. The summed E-state index contributed by atoms with van der Waals surface area (Å²) in [6.45, 7) is 5.79. The lowest BCUT2D eigenvalue weighted by Crippen LogP contribution is -1.90. The molecule has 2 heteroatoms. The van der Waals surface area contributed by atoms with Gasteiger partial charge in [0, 0.05) is 10.6 Å². The Labute approximate surface area is 103 Å². The maximum absolute atomic E-state index is 5.95. The number of aryl methyl sites for hydroxylation is 1. The largest absolute Gasteiger partial charge is 0.398 e. The van der Waals surface area contributed by atoms with Crippen molar-refractivity contribution in [2.75, 3.05) is 11.5 Å². The van der Waals surface area contributed by atoms with Crippen LogP contribution in [0.2, 0.25) is 0 Å². The lowest BCUT2D eigenvalue weighted by molar-refractivity contribution is 0.735. The zero-order valence-electron chi connectivity index (χ0n) is 10.0. The van der Waals surface area contributed by atoms with Crippen molar-refractivity contribution in [3.63, 3.8) is 0 Å².